The number of ether oxygens (including phenoxy) is 2. The Morgan fingerprint density at radius 3 is 2.22 bits per heavy atom. The second-order valence-corrected chi connectivity index (χ2v) is 6.27. The number of carbonyl (C=O) groups is 1. The Kier molecular flexibility index (Phi) is 4.58. The van der Waals surface area contributed by atoms with Gasteiger partial charge in [0, 0.05) is 11.1 Å². The van der Waals surface area contributed by atoms with Crippen LogP contribution in [-0.2, 0) is 20.9 Å². The first-order valence-electron chi connectivity index (χ1n) is 8.54. The van der Waals surface area contributed by atoms with Gasteiger partial charge in [0.15, 0.2) is 6.10 Å². The molecule has 0 bridgehead atoms. The van der Waals surface area contributed by atoms with Crippen LogP contribution in [0.5, 0.6) is 0 Å². The summed E-state index contributed by atoms with van der Waals surface area (Å²) in [6, 6.07) is 21.3. The van der Waals surface area contributed by atoms with Crippen LogP contribution < -0.4 is 0 Å². The van der Waals surface area contributed by atoms with Crippen LogP contribution in [0.15, 0.2) is 60.7 Å². The minimum Gasteiger partial charge on any atom is -0.459 e. The number of fused-ring (bicyclic) bond motifs is 1. The summed E-state index contributed by atoms with van der Waals surface area (Å²) in [5, 5.41) is 11.0. The highest BCUT2D eigenvalue weighted by atomic mass is 16.6. The van der Waals surface area contributed by atoms with Crippen LogP contribution in [0.3, 0.4) is 0 Å². The van der Waals surface area contributed by atoms with Gasteiger partial charge in [-0.3, -0.25) is 0 Å². The molecule has 1 atom stereocenters. The lowest BCUT2D eigenvalue weighted by Gasteiger charge is -2.03. The highest BCUT2D eigenvalue weighted by Gasteiger charge is 2.32. The van der Waals surface area contributed by atoms with Crippen LogP contribution in [-0.4, -0.2) is 18.7 Å². The first kappa shape index (κ1) is 16.8. The Hall–Kier alpha value is -3.60. The van der Waals surface area contributed by atoms with Crippen LogP contribution in [0, 0.1) is 23.2 Å². The fourth-order valence-electron chi connectivity index (χ4n) is 2.65. The van der Waals surface area contributed by atoms with E-state index in [1.165, 1.54) is 0 Å². The Morgan fingerprint density at radius 2 is 1.56 bits per heavy atom. The Labute approximate surface area is 156 Å². The van der Waals surface area contributed by atoms with Gasteiger partial charge in [-0.25, -0.2) is 4.79 Å². The molecule has 1 unspecified atom stereocenters. The van der Waals surface area contributed by atoms with Crippen molar-refractivity contribution < 1.29 is 14.3 Å². The number of benzene rings is 3. The van der Waals surface area contributed by atoms with E-state index in [9.17, 15) is 4.79 Å². The average molecular weight is 353 g/mol. The lowest BCUT2D eigenvalue weighted by Crippen LogP contribution is -2.11. The maximum atomic E-state index is 11.4. The third kappa shape index (κ3) is 4.15. The second kappa shape index (κ2) is 7.33. The van der Waals surface area contributed by atoms with Crippen molar-refractivity contribution in [2.75, 3.05) is 6.61 Å². The fraction of sp³-hybridized carbons (Fsp3) is 0.130. The van der Waals surface area contributed by atoms with E-state index < -0.39 is 0 Å². The Morgan fingerprint density at radius 1 is 0.963 bits per heavy atom. The summed E-state index contributed by atoms with van der Waals surface area (Å²) in [5.41, 5.74) is 3.36. The van der Waals surface area contributed by atoms with E-state index in [4.69, 9.17) is 14.7 Å². The van der Waals surface area contributed by atoms with Crippen LogP contribution in [0.25, 0.3) is 10.8 Å². The minimum atomic E-state index is -0.372. The molecule has 4 rings (SSSR count). The van der Waals surface area contributed by atoms with E-state index in [1.54, 1.807) is 6.07 Å². The number of hydrogen-bond donors (Lipinski definition) is 0. The van der Waals surface area contributed by atoms with Crippen molar-refractivity contribution in [3.63, 3.8) is 0 Å². The molecular formula is C23H15NO3. The first-order chi connectivity index (χ1) is 13.2. The average Bonchev–Trinajstić information content (AvgIpc) is 3.56. The van der Waals surface area contributed by atoms with Crippen molar-refractivity contribution in [2.45, 2.75) is 12.7 Å². The van der Waals surface area contributed by atoms with Crippen LogP contribution in [0.2, 0.25) is 0 Å². The summed E-state index contributed by atoms with van der Waals surface area (Å²) in [7, 11) is 0. The van der Waals surface area contributed by atoms with Gasteiger partial charge in [0.05, 0.1) is 18.2 Å². The number of hydrogen-bond acceptors (Lipinski definition) is 4. The summed E-state index contributed by atoms with van der Waals surface area (Å²) in [5.74, 6) is 5.99. The lowest BCUT2D eigenvalue weighted by molar-refractivity contribution is -0.146. The molecule has 1 fully saturated rings. The van der Waals surface area contributed by atoms with E-state index in [0.29, 0.717) is 12.2 Å². The number of epoxide rings is 1. The molecule has 4 heteroatoms. The molecule has 0 amide bonds. The monoisotopic (exact) mass is 353 g/mol. The molecule has 0 radical (unpaired) electrons. The van der Waals surface area contributed by atoms with Gasteiger partial charge in [0.25, 0.3) is 0 Å². The summed E-state index contributed by atoms with van der Waals surface area (Å²) in [6.45, 7) is 0.698. The third-order valence-corrected chi connectivity index (χ3v) is 4.25. The first-order valence-corrected chi connectivity index (χ1v) is 8.54. The number of rotatable bonds is 3. The van der Waals surface area contributed by atoms with Crippen LogP contribution >= 0.6 is 0 Å². The highest BCUT2D eigenvalue weighted by molar-refractivity contribution is 5.85. The number of nitriles is 1. The maximum Gasteiger partial charge on any atom is 0.338 e. The minimum absolute atomic E-state index is 0.238. The number of carbonyl (C=O) groups excluding carboxylic acids is 1. The molecule has 27 heavy (non-hydrogen) atoms. The molecule has 0 N–H and O–H groups in total. The number of nitrogens with zero attached hydrogens (tertiary/aromatic N) is 1. The van der Waals surface area contributed by atoms with E-state index in [2.05, 4.69) is 17.9 Å². The molecule has 3 aromatic carbocycles. The van der Waals surface area contributed by atoms with Gasteiger partial charge in [0.1, 0.15) is 6.61 Å². The van der Waals surface area contributed by atoms with Crippen molar-refractivity contribution >= 4 is 16.7 Å². The molecule has 1 saturated heterocycles. The zero-order valence-corrected chi connectivity index (χ0v) is 14.4. The molecule has 1 aliphatic rings. The molecule has 1 heterocycles. The number of esters is 1. The zero-order valence-electron chi connectivity index (χ0n) is 14.4. The summed E-state index contributed by atoms with van der Waals surface area (Å²) >= 11 is 0. The predicted molar refractivity (Wildman–Crippen MR) is 101 cm³/mol. The quantitative estimate of drug-likeness (QED) is 0.410. The third-order valence-electron chi connectivity index (χ3n) is 4.25. The molecule has 130 valence electrons. The van der Waals surface area contributed by atoms with E-state index in [0.717, 1.165) is 27.5 Å². The Balaban J connectivity index is 1.44. The second-order valence-electron chi connectivity index (χ2n) is 6.27. The molecule has 0 spiro atoms. The van der Waals surface area contributed by atoms with Gasteiger partial charge in [-0.05, 0) is 52.7 Å². The maximum absolute atomic E-state index is 11.4. The molecular weight excluding hydrogens is 338 g/mol. The van der Waals surface area contributed by atoms with Gasteiger partial charge >= 0.3 is 5.97 Å². The van der Waals surface area contributed by atoms with Crippen molar-refractivity contribution in [3.8, 4) is 17.9 Å². The Bertz CT molecular complexity index is 1110. The van der Waals surface area contributed by atoms with Crippen LogP contribution in [0.4, 0.5) is 0 Å². The molecule has 0 aromatic heterocycles. The SMILES string of the molecule is N#Cc1ccc2cc(C#Cc3ccc(COC(=O)C4CO4)cc3)ccc2c1. The van der Waals surface area contributed by atoms with Crippen molar-refractivity contribution in [2.24, 2.45) is 0 Å². The fourth-order valence-corrected chi connectivity index (χ4v) is 2.65. The summed E-state index contributed by atoms with van der Waals surface area (Å²) in [6.07, 6.45) is -0.372. The molecule has 0 aliphatic carbocycles. The van der Waals surface area contributed by atoms with E-state index in [-0.39, 0.29) is 18.7 Å². The molecule has 0 saturated carbocycles. The van der Waals surface area contributed by atoms with Crippen LogP contribution in [0.1, 0.15) is 22.3 Å². The van der Waals surface area contributed by atoms with Crippen molar-refractivity contribution in [1.29, 1.82) is 5.26 Å². The standard InChI is InChI=1S/C23H15NO3/c24-13-19-8-10-20-11-17(7-9-21(20)12-19)4-1-16-2-5-18(6-3-16)14-27-23(25)22-15-26-22/h2-3,5-12,22H,14-15H2. The smallest absolute Gasteiger partial charge is 0.338 e. The van der Waals surface area contributed by atoms with Crippen molar-refractivity contribution in [3.05, 3.63) is 82.9 Å². The normalized spacial score (nSPS) is 14.7. The van der Waals surface area contributed by atoms with Gasteiger partial charge in [-0.2, -0.15) is 5.26 Å². The van der Waals surface area contributed by atoms with Gasteiger partial charge in [0.2, 0.25) is 0 Å². The molecule has 4 nitrogen and oxygen atoms in total. The lowest BCUT2D eigenvalue weighted by atomic mass is 10.0. The zero-order chi connectivity index (χ0) is 18.6. The largest absolute Gasteiger partial charge is 0.459 e. The summed E-state index contributed by atoms with van der Waals surface area (Å²) in [4.78, 5) is 11.4. The van der Waals surface area contributed by atoms with Gasteiger partial charge in [-0.1, -0.05) is 36.1 Å². The molecule has 1 aliphatic heterocycles. The predicted octanol–water partition coefficient (Wildman–Crippen LogP) is 3.55. The summed E-state index contributed by atoms with van der Waals surface area (Å²) < 4.78 is 10.0. The van der Waals surface area contributed by atoms with E-state index in [1.807, 2.05) is 54.6 Å². The van der Waals surface area contributed by atoms with Gasteiger partial charge in [-0.15, -0.1) is 0 Å². The topological polar surface area (TPSA) is 62.6 Å². The van der Waals surface area contributed by atoms with E-state index >= 15 is 0 Å². The molecule has 3 aromatic rings. The van der Waals surface area contributed by atoms with Crippen molar-refractivity contribution in [1.82, 2.24) is 0 Å². The van der Waals surface area contributed by atoms with Gasteiger partial charge < -0.3 is 9.47 Å². The highest BCUT2D eigenvalue weighted by Crippen LogP contribution is 2.17.